The molecule has 2 fully saturated rings. The molecule has 1 unspecified atom stereocenters. The minimum Gasteiger partial charge on any atom is -0.497 e. The lowest BCUT2D eigenvalue weighted by Gasteiger charge is -2.48. The van der Waals surface area contributed by atoms with Crippen molar-refractivity contribution in [2.45, 2.75) is 37.4 Å². The molecule has 2 aliphatic rings. The minimum atomic E-state index is -3.37. The normalized spacial score (nSPS) is 21.3. The molecule has 0 aliphatic carbocycles. The maximum atomic E-state index is 12.9. The first-order valence-electron chi connectivity index (χ1n) is 10.4. The van der Waals surface area contributed by atoms with Crippen LogP contribution in [0.1, 0.15) is 43.5 Å². The summed E-state index contributed by atoms with van der Waals surface area (Å²) in [4.78, 5) is 18.4. The molecule has 3 heterocycles. The van der Waals surface area contributed by atoms with Crippen molar-refractivity contribution in [3.63, 3.8) is 0 Å². The summed E-state index contributed by atoms with van der Waals surface area (Å²) in [5.41, 5.74) is 0.999. The molecule has 10 heteroatoms. The number of carbonyl (C=O) groups excluding carboxylic acids is 1. The zero-order valence-corrected chi connectivity index (χ0v) is 18.8. The van der Waals surface area contributed by atoms with E-state index in [-0.39, 0.29) is 24.9 Å². The third-order valence-corrected chi connectivity index (χ3v) is 8.65. The third-order valence-electron chi connectivity index (χ3n) is 6.10. The van der Waals surface area contributed by atoms with Gasteiger partial charge in [0.05, 0.1) is 18.8 Å². The van der Waals surface area contributed by atoms with Crippen LogP contribution in [0.15, 0.2) is 28.8 Å². The smallest absolute Gasteiger partial charge is 0.317 e. The fourth-order valence-electron chi connectivity index (χ4n) is 4.28. The number of hydrogen-bond acceptors (Lipinski definition) is 7. The summed E-state index contributed by atoms with van der Waals surface area (Å²) < 4.78 is 35.4. The standard InChI is InChI=1S/C21H28N4O5S/c1-14(2)11-22-20(26)25-12-21(13-25)17(8-9-31(21,27)28)19-23-18(24-30-19)10-15-4-6-16(29-3)7-5-15/h4-7,14,17H,8-13H2,1-3H3,(H,22,26). The van der Waals surface area contributed by atoms with E-state index in [4.69, 9.17) is 9.26 Å². The van der Waals surface area contributed by atoms with Crippen molar-refractivity contribution >= 4 is 15.9 Å². The molecule has 2 aliphatic heterocycles. The number of amides is 2. The second kappa shape index (κ2) is 8.14. The van der Waals surface area contributed by atoms with Crippen LogP contribution in [0.4, 0.5) is 4.79 Å². The van der Waals surface area contributed by atoms with Gasteiger partial charge in [-0.3, -0.25) is 0 Å². The Kier molecular flexibility index (Phi) is 5.67. The molecular weight excluding hydrogens is 420 g/mol. The Morgan fingerprint density at radius 2 is 2.03 bits per heavy atom. The van der Waals surface area contributed by atoms with Crippen molar-refractivity contribution in [1.29, 1.82) is 0 Å². The number of carbonyl (C=O) groups is 1. The van der Waals surface area contributed by atoms with Gasteiger partial charge in [-0.15, -0.1) is 0 Å². The maximum absolute atomic E-state index is 12.9. The van der Waals surface area contributed by atoms with Crippen LogP contribution in [-0.2, 0) is 16.3 Å². The van der Waals surface area contributed by atoms with Crippen molar-refractivity contribution in [3.05, 3.63) is 41.5 Å². The van der Waals surface area contributed by atoms with Crippen LogP contribution >= 0.6 is 0 Å². The van der Waals surface area contributed by atoms with Crippen LogP contribution in [0.25, 0.3) is 0 Å². The van der Waals surface area contributed by atoms with E-state index in [9.17, 15) is 13.2 Å². The number of benzene rings is 1. The summed E-state index contributed by atoms with van der Waals surface area (Å²) in [5.74, 6) is 1.60. The predicted octanol–water partition coefficient (Wildman–Crippen LogP) is 1.99. The Morgan fingerprint density at radius 1 is 1.32 bits per heavy atom. The van der Waals surface area contributed by atoms with E-state index < -0.39 is 20.5 Å². The first-order valence-corrected chi connectivity index (χ1v) is 12.1. The lowest BCUT2D eigenvalue weighted by atomic mass is 9.83. The summed E-state index contributed by atoms with van der Waals surface area (Å²) in [6.07, 6.45) is 0.900. The number of rotatable bonds is 6. The summed E-state index contributed by atoms with van der Waals surface area (Å²) in [5, 5.41) is 6.91. The van der Waals surface area contributed by atoms with Gasteiger partial charge in [0.25, 0.3) is 0 Å². The molecule has 1 aromatic carbocycles. The number of nitrogens with zero attached hydrogens (tertiary/aromatic N) is 3. The highest BCUT2D eigenvalue weighted by atomic mass is 32.2. The van der Waals surface area contributed by atoms with Crippen LogP contribution in [0, 0.1) is 5.92 Å². The van der Waals surface area contributed by atoms with Gasteiger partial charge >= 0.3 is 6.03 Å². The molecule has 2 aromatic rings. The first-order chi connectivity index (χ1) is 14.7. The van der Waals surface area contributed by atoms with Gasteiger partial charge in [0, 0.05) is 26.1 Å². The van der Waals surface area contributed by atoms with Crippen LogP contribution in [-0.4, -0.2) is 66.7 Å². The molecule has 2 amide bonds. The number of sulfone groups is 1. The fraction of sp³-hybridized carbons (Fsp3) is 0.571. The Labute approximate surface area is 182 Å². The molecule has 9 nitrogen and oxygen atoms in total. The van der Waals surface area contributed by atoms with Crippen molar-refractivity contribution in [2.75, 3.05) is 32.5 Å². The molecule has 168 valence electrons. The van der Waals surface area contributed by atoms with E-state index in [1.165, 1.54) is 0 Å². The van der Waals surface area contributed by atoms with E-state index >= 15 is 0 Å². The molecule has 1 spiro atoms. The van der Waals surface area contributed by atoms with E-state index in [1.807, 2.05) is 38.1 Å². The van der Waals surface area contributed by atoms with Crippen molar-refractivity contribution in [1.82, 2.24) is 20.4 Å². The monoisotopic (exact) mass is 448 g/mol. The molecule has 1 atom stereocenters. The average Bonchev–Trinajstić information content (AvgIpc) is 3.26. The zero-order valence-electron chi connectivity index (χ0n) is 18.0. The number of ether oxygens (including phenoxy) is 1. The molecule has 0 bridgehead atoms. The lowest BCUT2D eigenvalue weighted by molar-refractivity contribution is 0.116. The lowest BCUT2D eigenvalue weighted by Crippen LogP contribution is -2.69. The van der Waals surface area contributed by atoms with Crippen LogP contribution in [0.3, 0.4) is 0 Å². The van der Waals surface area contributed by atoms with Crippen LogP contribution in [0.5, 0.6) is 5.75 Å². The molecular formula is C21H28N4O5S. The summed E-state index contributed by atoms with van der Waals surface area (Å²) in [6.45, 7) is 4.88. The highest BCUT2D eigenvalue weighted by Crippen LogP contribution is 2.49. The minimum absolute atomic E-state index is 0.0648. The van der Waals surface area contributed by atoms with Crippen LogP contribution < -0.4 is 10.1 Å². The molecule has 4 rings (SSSR count). The van der Waals surface area contributed by atoms with Gasteiger partial charge in [0.1, 0.15) is 10.5 Å². The third kappa shape index (κ3) is 4.00. The van der Waals surface area contributed by atoms with Gasteiger partial charge in [0.15, 0.2) is 15.7 Å². The number of aromatic nitrogens is 2. The van der Waals surface area contributed by atoms with Gasteiger partial charge in [-0.25, -0.2) is 13.2 Å². The predicted molar refractivity (Wildman–Crippen MR) is 114 cm³/mol. The SMILES string of the molecule is COc1ccc(Cc2noc(C3CCS(=O)(=O)C34CN(C(=O)NCC(C)C)C4)n2)cc1. The molecule has 0 radical (unpaired) electrons. The summed E-state index contributed by atoms with van der Waals surface area (Å²) >= 11 is 0. The van der Waals surface area contributed by atoms with Crippen molar-refractivity contribution in [3.8, 4) is 5.75 Å². The highest BCUT2D eigenvalue weighted by molar-refractivity contribution is 7.93. The Morgan fingerprint density at radius 3 is 2.68 bits per heavy atom. The van der Waals surface area contributed by atoms with Gasteiger partial charge in [-0.05, 0) is 30.0 Å². The first kappa shape index (κ1) is 21.6. The van der Waals surface area contributed by atoms with Gasteiger partial charge < -0.3 is 19.5 Å². The average molecular weight is 449 g/mol. The molecule has 2 saturated heterocycles. The molecule has 0 saturated carbocycles. The van der Waals surface area contributed by atoms with E-state index in [0.29, 0.717) is 37.0 Å². The quantitative estimate of drug-likeness (QED) is 0.719. The van der Waals surface area contributed by atoms with E-state index in [1.54, 1.807) is 12.0 Å². The number of hydrogen-bond donors (Lipinski definition) is 1. The number of urea groups is 1. The van der Waals surface area contributed by atoms with Crippen LogP contribution in [0.2, 0.25) is 0 Å². The Bertz CT molecular complexity index is 1040. The van der Waals surface area contributed by atoms with Gasteiger partial charge in [-0.1, -0.05) is 31.1 Å². The fourth-order valence-corrected chi connectivity index (χ4v) is 6.58. The molecule has 1 N–H and O–H groups in total. The van der Waals surface area contributed by atoms with E-state index in [2.05, 4.69) is 15.5 Å². The van der Waals surface area contributed by atoms with Crippen molar-refractivity contribution < 1.29 is 22.5 Å². The zero-order chi connectivity index (χ0) is 22.2. The second-order valence-electron chi connectivity index (χ2n) is 8.73. The summed E-state index contributed by atoms with van der Waals surface area (Å²) in [7, 11) is -1.75. The van der Waals surface area contributed by atoms with Gasteiger partial charge in [0.2, 0.25) is 5.89 Å². The number of likely N-dealkylation sites (tertiary alicyclic amines) is 1. The van der Waals surface area contributed by atoms with Gasteiger partial charge in [-0.2, -0.15) is 4.98 Å². The Hall–Kier alpha value is -2.62. The second-order valence-corrected chi connectivity index (χ2v) is 11.2. The number of methoxy groups -OCH3 is 1. The highest BCUT2D eigenvalue weighted by Gasteiger charge is 2.64. The molecule has 1 aromatic heterocycles. The van der Waals surface area contributed by atoms with E-state index in [0.717, 1.165) is 11.3 Å². The molecule has 31 heavy (non-hydrogen) atoms. The topological polar surface area (TPSA) is 115 Å². The number of nitrogens with one attached hydrogen (secondary N) is 1. The largest absolute Gasteiger partial charge is 0.497 e. The maximum Gasteiger partial charge on any atom is 0.317 e. The summed E-state index contributed by atoms with van der Waals surface area (Å²) in [6, 6.07) is 7.35. The Balaban J connectivity index is 1.47. The van der Waals surface area contributed by atoms with Crippen molar-refractivity contribution in [2.24, 2.45) is 5.92 Å².